The van der Waals surface area contributed by atoms with Crippen LogP contribution in [0, 0.1) is 0 Å². The maximum atomic E-state index is 12.5. The number of hydrogen-bond donors (Lipinski definition) is 1. The first-order valence-electron chi connectivity index (χ1n) is 12.3. The number of benzene rings is 1. The van der Waals surface area contributed by atoms with Crippen LogP contribution in [0.2, 0.25) is 0 Å². The molecular formula is C27H38N2O3. The largest absolute Gasteiger partial charge is 0.445 e. The monoisotopic (exact) mass is 438 g/mol. The lowest BCUT2D eigenvalue weighted by atomic mass is 9.95. The third-order valence-corrected chi connectivity index (χ3v) is 6.27. The molecule has 1 aromatic carbocycles. The van der Waals surface area contributed by atoms with Crippen molar-refractivity contribution < 1.29 is 14.6 Å². The number of ether oxygens (including phenoxy) is 1. The Bertz CT molecular complexity index is 777. The second kappa shape index (κ2) is 14.0. The molecule has 5 nitrogen and oxygen atoms in total. The van der Waals surface area contributed by atoms with Gasteiger partial charge in [0, 0.05) is 31.7 Å². The van der Waals surface area contributed by atoms with Crippen LogP contribution in [0.5, 0.6) is 0 Å². The highest BCUT2D eigenvalue weighted by atomic mass is 16.6. The van der Waals surface area contributed by atoms with E-state index in [-0.39, 0.29) is 6.10 Å². The number of nitrogens with zero attached hydrogens (tertiary/aromatic N) is 2. The van der Waals surface area contributed by atoms with Gasteiger partial charge in [0.1, 0.15) is 6.10 Å². The Hall–Kier alpha value is -2.24. The molecule has 5 heteroatoms. The van der Waals surface area contributed by atoms with Crippen LogP contribution in [0.25, 0.3) is 5.57 Å². The van der Waals surface area contributed by atoms with Crippen LogP contribution in [0.15, 0.2) is 53.6 Å². The maximum absolute atomic E-state index is 12.5. The van der Waals surface area contributed by atoms with Gasteiger partial charge < -0.3 is 14.7 Å². The number of carbonyl (C=O) groups excluding carboxylic acids is 1. The highest BCUT2D eigenvalue weighted by Crippen LogP contribution is 2.22. The number of aliphatic hydroxyl groups excluding tert-OH is 1. The highest BCUT2D eigenvalue weighted by Gasteiger charge is 2.22. The van der Waals surface area contributed by atoms with Gasteiger partial charge in [-0.25, -0.2) is 4.79 Å². The van der Waals surface area contributed by atoms with Crippen molar-refractivity contribution in [3.8, 4) is 0 Å². The minimum absolute atomic E-state index is 0.0297. The van der Waals surface area contributed by atoms with Gasteiger partial charge in [0.2, 0.25) is 0 Å². The number of aliphatic hydroxyl groups is 1. The Kier molecular flexibility index (Phi) is 10.7. The molecule has 0 bridgehead atoms. The molecule has 0 unspecified atom stereocenters. The number of allylic oxidation sites excluding steroid dienone is 4. The molecule has 32 heavy (non-hydrogen) atoms. The van der Waals surface area contributed by atoms with Crippen LogP contribution < -0.4 is 0 Å². The molecule has 1 aromatic rings. The summed E-state index contributed by atoms with van der Waals surface area (Å²) in [7, 11) is 0. The van der Waals surface area contributed by atoms with Gasteiger partial charge >= 0.3 is 6.09 Å². The molecule has 0 aromatic heterocycles. The van der Waals surface area contributed by atoms with Crippen LogP contribution in [-0.4, -0.2) is 54.2 Å². The van der Waals surface area contributed by atoms with E-state index in [1.165, 1.54) is 32.1 Å². The molecule has 2 aliphatic rings. The summed E-state index contributed by atoms with van der Waals surface area (Å²) in [6, 6.07) is 10.1. The second-order valence-electron chi connectivity index (χ2n) is 8.76. The molecule has 1 saturated heterocycles. The summed E-state index contributed by atoms with van der Waals surface area (Å²) >= 11 is 0. The summed E-state index contributed by atoms with van der Waals surface area (Å²) in [6.45, 7) is 3.44. The van der Waals surface area contributed by atoms with E-state index < -0.39 is 6.09 Å². The number of piperidine rings is 1. The Balaban J connectivity index is 1.35. The Morgan fingerprint density at radius 1 is 1.00 bits per heavy atom. The van der Waals surface area contributed by atoms with Gasteiger partial charge in [0.05, 0.1) is 5.71 Å². The second-order valence-corrected chi connectivity index (χ2v) is 8.76. The highest BCUT2D eigenvalue weighted by molar-refractivity contribution is 6.27. The van der Waals surface area contributed by atoms with Gasteiger partial charge in [0.15, 0.2) is 0 Å². The fourth-order valence-electron chi connectivity index (χ4n) is 4.40. The van der Waals surface area contributed by atoms with Crippen LogP contribution in [0.1, 0.15) is 69.8 Å². The van der Waals surface area contributed by atoms with E-state index in [0.717, 1.165) is 62.2 Å². The molecule has 1 amide bonds. The van der Waals surface area contributed by atoms with Crippen LogP contribution in [-0.2, 0) is 4.74 Å². The quantitative estimate of drug-likeness (QED) is 0.444. The average Bonchev–Trinajstić information content (AvgIpc) is 2.83. The molecule has 1 aliphatic heterocycles. The fraction of sp³-hybridized carbons (Fsp3) is 0.556. The van der Waals surface area contributed by atoms with Gasteiger partial charge in [-0.15, -0.1) is 0 Å². The number of likely N-dealkylation sites (tertiary alicyclic amines) is 1. The van der Waals surface area contributed by atoms with E-state index in [2.05, 4.69) is 9.89 Å². The predicted molar refractivity (Wildman–Crippen MR) is 131 cm³/mol. The van der Waals surface area contributed by atoms with Crippen molar-refractivity contribution in [3.05, 3.63) is 54.1 Å². The molecule has 0 atom stereocenters. The van der Waals surface area contributed by atoms with Crippen molar-refractivity contribution in [3.63, 3.8) is 0 Å². The summed E-state index contributed by atoms with van der Waals surface area (Å²) in [5.41, 5.74) is 2.84. The predicted octanol–water partition coefficient (Wildman–Crippen LogP) is 5.79. The smallest absolute Gasteiger partial charge is 0.434 e. The van der Waals surface area contributed by atoms with Crippen molar-refractivity contribution >= 4 is 17.4 Å². The summed E-state index contributed by atoms with van der Waals surface area (Å²) in [6.07, 6.45) is 16.4. The molecule has 0 saturated carbocycles. The van der Waals surface area contributed by atoms with E-state index in [1.54, 1.807) is 0 Å². The first-order chi connectivity index (χ1) is 15.8. The topological polar surface area (TPSA) is 62.1 Å². The lowest BCUT2D eigenvalue weighted by molar-refractivity contribution is 0.0561. The SMILES string of the molecule is O=C(N=C1CC=CC=C1c1ccccc1)OC1CCN(CCCCCCCCCO)CC1. The van der Waals surface area contributed by atoms with Crippen molar-refractivity contribution in [1.82, 2.24) is 4.90 Å². The van der Waals surface area contributed by atoms with Crippen molar-refractivity contribution in [2.75, 3.05) is 26.2 Å². The first kappa shape index (κ1) is 24.4. The van der Waals surface area contributed by atoms with Crippen molar-refractivity contribution in [2.24, 2.45) is 4.99 Å². The average molecular weight is 439 g/mol. The molecule has 0 radical (unpaired) electrons. The maximum Gasteiger partial charge on any atom is 0.434 e. The Morgan fingerprint density at radius 3 is 2.41 bits per heavy atom. The van der Waals surface area contributed by atoms with Crippen LogP contribution in [0.3, 0.4) is 0 Å². The molecule has 0 spiro atoms. The third kappa shape index (κ3) is 8.36. The van der Waals surface area contributed by atoms with Crippen LogP contribution >= 0.6 is 0 Å². The van der Waals surface area contributed by atoms with Crippen molar-refractivity contribution in [1.29, 1.82) is 0 Å². The van der Waals surface area contributed by atoms with Gasteiger partial charge in [-0.05, 0) is 37.8 Å². The van der Waals surface area contributed by atoms with E-state index in [4.69, 9.17) is 9.84 Å². The molecule has 3 rings (SSSR count). The summed E-state index contributed by atoms with van der Waals surface area (Å²) < 4.78 is 5.69. The molecule has 1 N–H and O–H groups in total. The zero-order valence-corrected chi connectivity index (χ0v) is 19.3. The summed E-state index contributed by atoms with van der Waals surface area (Å²) in [4.78, 5) is 19.3. The number of carbonyl (C=O) groups is 1. The normalized spacial score (nSPS) is 18.7. The summed E-state index contributed by atoms with van der Waals surface area (Å²) in [5, 5.41) is 8.80. The summed E-state index contributed by atoms with van der Waals surface area (Å²) in [5.74, 6) is 0. The minimum Gasteiger partial charge on any atom is -0.445 e. The van der Waals surface area contributed by atoms with Gasteiger partial charge in [-0.1, -0.05) is 80.7 Å². The number of amides is 1. The Labute approximate surface area is 192 Å². The fourth-order valence-corrected chi connectivity index (χ4v) is 4.40. The van der Waals surface area contributed by atoms with E-state index in [1.807, 2.05) is 48.6 Å². The van der Waals surface area contributed by atoms with E-state index >= 15 is 0 Å². The lowest BCUT2D eigenvalue weighted by Crippen LogP contribution is -2.38. The standard InChI is InChI=1S/C27H38N2O3/c30-22-12-5-3-1-2-4-11-19-29-20-17-24(18-21-29)32-27(31)28-26-16-10-9-15-25(26)23-13-7-6-8-14-23/h6-10,13-15,24,30H,1-5,11-12,16-22H2. The van der Waals surface area contributed by atoms with Crippen LogP contribution in [0.4, 0.5) is 4.79 Å². The third-order valence-electron chi connectivity index (χ3n) is 6.27. The number of aliphatic imine (C=N–C) groups is 1. The minimum atomic E-state index is -0.461. The zero-order valence-electron chi connectivity index (χ0n) is 19.3. The Morgan fingerprint density at radius 2 is 1.69 bits per heavy atom. The van der Waals surface area contributed by atoms with Gasteiger partial charge in [-0.2, -0.15) is 4.99 Å². The van der Waals surface area contributed by atoms with E-state index in [0.29, 0.717) is 13.0 Å². The molecule has 174 valence electrons. The first-order valence-corrected chi connectivity index (χ1v) is 12.3. The molecule has 1 heterocycles. The number of unbranched alkanes of at least 4 members (excludes halogenated alkanes) is 6. The molecular weight excluding hydrogens is 400 g/mol. The van der Waals surface area contributed by atoms with Crippen molar-refractivity contribution in [2.45, 2.75) is 70.3 Å². The number of rotatable bonds is 11. The number of hydrogen-bond acceptors (Lipinski definition) is 4. The molecule has 1 fully saturated rings. The van der Waals surface area contributed by atoms with Gasteiger partial charge in [0.25, 0.3) is 0 Å². The lowest BCUT2D eigenvalue weighted by Gasteiger charge is -2.31. The van der Waals surface area contributed by atoms with E-state index in [9.17, 15) is 4.79 Å². The van der Waals surface area contributed by atoms with Gasteiger partial charge in [-0.3, -0.25) is 0 Å². The zero-order chi connectivity index (χ0) is 22.4. The molecule has 1 aliphatic carbocycles.